The van der Waals surface area contributed by atoms with E-state index < -0.39 is 0 Å². The molecule has 0 aromatic heterocycles. The summed E-state index contributed by atoms with van der Waals surface area (Å²) in [5, 5.41) is 2.14. The van der Waals surface area contributed by atoms with Crippen molar-refractivity contribution in [3.63, 3.8) is 0 Å². The molecule has 0 atom stereocenters. The topological polar surface area (TPSA) is 29.1 Å². The zero-order valence-electron chi connectivity index (χ0n) is 3.52. The number of nitrogens with one attached hydrogen (secondary N) is 1. The number of rotatable bonds is 0. The van der Waals surface area contributed by atoms with Crippen molar-refractivity contribution >= 4 is 5.91 Å². The third-order valence-corrected chi connectivity index (χ3v) is 0.249. The van der Waals surface area contributed by atoms with Crippen LogP contribution in [0.1, 0.15) is 6.92 Å². The van der Waals surface area contributed by atoms with E-state index in [9.17, 15) is 4.79 Å². The molecule has 0 aromatic carbocycles. The smallest absolute Gasteiger partial charge is 0.509 e. The van der Waals surface area contributed by atoms with Gasteiger partial charge < -0.3 is 5.32 Å². The van der Waals surface area contributed by atoms with Gasteiger partial charge in [0.1, 0.15) is 0 Å². The predicted molar refractivity (Wildman–Crippen MR) is 19.2 cm³/mol. The molecule has 0 unspecified atom stereocenters. The van der Waals surface area contributed by atoms with Gasteiger partial charge >= 0.3 is 21.1 Å². The van der Waals surface area contributed by atoms with Crippen molar-refractivity contribution in [2.45, 2.75) is 6.92 Å². The average Bonchev–Trinajstić information content (AvgIpc) is 1.38. The third kappa shape index (κ3) is 8.90. The third-order valence-electron chi connectivity index (χ3n) is 0.249. The number of hydrogen-bond acceptors (Lipinski definition) is 1. The minimum Gasteiger partial charge on any atom is -0.509 e. The van der Waals surface area contributed by atoms with Crippen LogP contribution in [-0.2, 0) is 25.9 Å². The van der Waals surface area contributed by atoms with Crippen LogP contribution in [0.2, 0.25) is 0 Å². The molecule has 0 spiro atoms. The molecule has 2 nitrogen and oxygen atoms in total. The molecule has 0 saturated heterocycles. The van der Waals surface area contributed by atoms with Crippen LogP contribution in [0.5, 0.6) is 0 Å². The first-order chi connectivity index (χ1) is 2.27. The van der Waals surface area contributed by atoms with Gasteiger partial charge in [0.2, 0.25) is 0 Å². The van der Waals surface area contributed by atoms with Crippen molar-refractivity contribution in [2.24, 2.45) is 0 Å². The molecule has 1 N–H and O–H groups in total. The van der Waals surface area contributed by atoms with Crippen molar-refractivity contribution in [2.75, 3.05) is 0 Å². The zero-order valence-corrected chi connectivity index (χ0v) is 6.46. The van der Waals surface area contributed by atoms with Crippen molar-refractivity contribution < 1.29 is 25.9 Å². The zero-order chi connectivity index (χ0) is 4.28. The fourth-order valence-electron chi connectivity index (χ4n) is 0. The number of hydrogen-bond donors (Lipinski definition) is 1. The largest absolute Gasteiger partial charge is 2.00 e. The Balaban J connectivity index is 0. The van der Waals surface area contributed by atoms with E-state index in [-0.39, 0.29) is 27.0 Å². The molecule has 0 aromatic rings. The molecular formula is C3H6NOW+. The van der Waals surface area contributed by atoms with Gasteiger partial charge in [-0.25, -0.2) is 0 Å². The van der Waals surface area contributed by atoms with Crippen molar-refractivity contribution in [1.82, 2.24) is 5.32 Å². The van der Waals surface area contributed by atoms with E-state index in [0.717, 1.165) is 0 Å². The van der Waals surface area contributed by atoms with E-state index >= 15 is 0 Å². The second-order valence-corrected chi connectivity index (χ2v) is 0.733. The molecule has 0 bridgehead atoms. The van der Waals surface area contributed by atoms with E-state index in [4.69, 9.17) is 0 Å². The SMILES string of the molecule is [CH2-]NC(C)=O.[W+2]. The first kappa shape index (κ1) is 9.48. The molecule has 34 valence electrons. The summed E-state index contributed by atoms with van der Waals surface area (Å²) in [6.07, 6.45) is 0. The summed E-state index contributed by atoms with van der Waals surface area (Å²) in [4.78, 5) is 9.64. The second kappa shape index (κ2) is 5.16. The van der Waals surface area contributed by atoms with Crippen LogP contribution in [0.4, 0.5) is 0 Å². The van der Waals surface area contributed by atoms with Crippen molar-refractivity contribution in [3.8, 4) is 0 Å². The average molecular weight is 256 g/mol. The molecule has 3 heteroatoms. The minimum atomic E-state index is -0.106. The van der Waals surface area contributed by atoms with Gasteiger partial charge in [-0.15, -0.1) is 0 Å². The maximum atomic E-state index is 9.64. The van der Waals surface area contributed by atoms with Crippen LogP contribution >= 0.6 is 0 Å². The van der Waals surface area contributed by atoms with Crippen molar-refractivity contribution in [1.29, 1.82) is 0 Å². The normalized spacial score (nSPS) is 5.67. The second-order valence-electron chi connectivity index (χ2n) is 0.733. The van der Waals surface area contributed by atoms with Crippen LogP contribution in [0.15, 0.2) is 0 Å². The Morgan fingerprint density at radius 2 is 2.00 bits per heavy atom. The molecule has 0 fully saturated rings. The van der Waals surface area contributed by atoms with E-state index in [0.29, 0.717) is 0 Å². The van der Waals surface area contributed by atoms with Gasteiger partial charge in [-0.2, -0.15) is 0 Å². The van der Waals surface area contributed by atoms with Crippen LogP contribution in [0.25, 0.3) is 0 Å². The van der Waals surface area contributed by atoms with Gasteiger partial charge in [0.15, 0.2) is 5.91 Å². The van der Waals surface area contributed by atoms with E-state index in [2.05, 4.69) is 12.4 Å². The number of carbonyl (C=O) groups is 1. The van der Waals surface area contributed by atoms with Gasteiger partial charge in [0.05, 0.1) is 0 Å². The van der Waals surface area contributed by atoms with Crippen LogP contribution < -0.4 is 5.32 Å². The monoisotopic (exact) mass is 256 g/mol. The summed E-state index contributed by atoms with van der Waals surface area (Å²) in [7, 11) is 3.09. The Kier molecular flexibility index (Phi) is 8.15. The predicted octanol–water partition coefficient (Wildman–Crippen LogP) is -0.0884. The van der Waals surface area contributed by atoms with Gasteiger partial charge in [-0.3, -0.25) is 11.8 Å². The Bertz CT molecular complexity index is 46.1. The molecule has 0 rings (SSSR count). The summed E-state index contributed by atoms with van der Waals surface area (Å²) < 4.78 is 0. The minimum absolute atomic E-state index is 0. The maximum absolute atomic E-state index is 9.64. The van der Waals surface area contributed by atoms with Crippen LogP contribution in [-0.4, -0.2) is 5.91 Å². The van der Waals surface area contributed by atoms with Crippen molar-refractivity contribution in [3.05, 3.63) is 7.05 Å². The van der Waals surface area contributed by atoms with Gasteiger partial charge in [-0.05, 0) is 0 Å². The Morgan fingerprint density at radius 3 is 2.00 bits per heavy atom. The maximum Gasteiger partial charge on any atom is 2.00 e. The standard InChI is InChI=1S/C3H6NO.W/c1-3(5)4-2;/h2H2,1H3,(H,4,5);/q-1;+2. The van der Waals surface area contributed by atoms with Gasteiger partial charge in [-0.1, -0.05) is 0 Å². The fourth-order valence-corrected chi connectivity index (χ4v) is 0. The van der Waals surface area contributed by atoms with E-state index in [1.165, 1.54) is 6.92 Å². The molecular weight excluding hydrogens is 250 g/mol. The fraction of sp³-hybridized carbons (Fsp3) is 0.333. The summed E-state index contributed by atoms with van der Waals surface area (Å²) in [5.74, 6) is -0.106. The number of carbonyl (C=O) groups excluding carboxylic acids is 1. The molecule has 0 heterocycles. The van der Waals surface area contributed by atoms with Gasteiger partial charge in [0.25, 0.3) is 0 Å². The van der Waals surface area contributed by atoms with Gasteiger partial charge in [0, 0.05) is 6.92 Å². The molecule has 6 heavy (non-hydrogen) atoms. The molecule has 0 radical (unpaired) electrons. The van der Waals surface area contributed by atoms with Crippen LogP contribution in [0, 0.1) is 7.05 Å². The molecule has 0 aliphatic heterocycles. The molecule has 0 saturated carbocycles. The summed E-state index contributed by atoms with van der Waals surface area (Å²) in [6, 6.07) is 0. The first-order valence-electron chi connectivity index (χ1n) is 1.31. The van der Waals surface area contributed by atoms with E-state index in [1.54, 1.807) is 0 Å². The number of amides is 1. The summed E-state index contributed by atoms with van der Waals surface area (Å²) >= 11 is 0. The van der Waals surface area contributed by atoms with Crippen LogP contribution in [0.3, 0.4) is 0 Å². The molecule has 0 aliphatic carbocycles. The molecule has 1 amide bonds. The Hall–Kier alpha value is 0.158. The Morgan fingerprint density at radius 1 is 1.83 bits per heavy atom. The summed E-state index contributed by atoms with van der Waals surface area (Å²) in [6.45, 7) is 1.41. The summed E-state index contributed by atoms with van der Waals surface area (Å²) in [5.41, 5.74) is 0. The van der Waals surface area contributed by atoms with E-state index in [1.807, 2.05) is 0 Å². The quantitative estimate of drug-likeness (QED) is 0.603. The molecule has 0 aliphatic rings. The Labute approximate surface area is 51.6 Å². The first-order valence-corrected chi connectivity index (χ1v) is 1.31.